The lowest BCUT2D eigenvalue weighted by molar-refractivity contribution is -0.202. The largest absolute Gasteiger partial charge is 0.414 e. The summed E-state index contributed by atoms with van der Waals surface area (Å²) in [5.74, 6) is 0. The van der Waals surface area contributed by atoms with Crippen LogP contribution in [0.4, 0.5) is 13.2 Å². The zero-order valence-corrected chi connectivity index (χ0v) is 8.45. The van der Waals surface area contributed by atoms with E-state index in [9.17, 15) is 13.2 Å². The Morgan fingerprint density at radius 2 is 2.14 bits per heavy atom. The lowest BCUT2D eigenvalue weighted by atomic mass is 10.1. The van der Waals surface area contributed by atoms with Crippen LogP contribution in [0.3, 0.4) is 0 Å². The number of thiophene rings is 1. The van der Waals surface area contributed by atoms with Crippen molar-refractivity contribution in [2.75, 3.05) is 0 Å². The van der Waals surface area contributed by atoms with Crippen LogP contribution in [0.5, 0.6) is 0 Å². The van der Waals surface area contributed by atoms with E-state index in [-0.39, 0.29) is 6.42 Å². The van der Waals surface area contributed by atoms with Gasteiger partial charge in [0, 0.05) is 11.3 Å². The molecule has 5 heteroatoms. The van der Waals surface area contributed by atoms with Crippen LogP contribution in [0, 0.1) is 0 Å². The number of halogens is 3. The van der Waals surface area contributed by atoms with Crippen molar-refractivity contribution in [1.82, 2.24) is 0 Å². The molecule has 0 aliphatic heterocycles. The third-order valence-electron chi connectivity index (χ3n) is 1.98. The van der Waals surface area contributed by atoms with E-state index in [1.54, 1.807) is 11.4 Å². The molecule has 0 fully saturated rings. The second-order valence-corrected chi connectivity index (χ2v) is 3.98. The summed E-state index contributed by atoms with van der Waals surface area (Å²) < 4.78 is 36.1. The average molecular weight is 224 g/mol. The molecule has 0 aliphatic carbocycles. The highest BCUT2D eigenvalue weighted by Gasteiger charge is 2.38. The minimum Gasteiger partial charge on any atom is -0.383 e. The monoisotopic (exact) mass is 224 g/mol. The fraction of sp³-hybridized carbons (Fsp3) is 0.556. The van der Waals surface area contributed by atoms with Crippen LogP contribution in [0.25, 0.3) is 0 Å². The predicted molar refractivity (Wildman–Crippen MR) is 49.5 cm³/mol. The minimum atomic E-state index is -4.52. The van der Waals surface area contributed by atoms with Gasteiger partial charge in [-0.05, 0) is 23.4 Å². The van der Waals surface area contributed by atoms with E-state index in [1.165, 1.54) is 11.3 Å². The summed E-state index contributed by atoms with van der Waals surface area (Å²) in [6.45, 7) is 1.88. The van der Waals surface area contributed by atoms with Gasteiger partial charge in [0.1, 0.15) is 0 Å². The van der Waals surface area contributed by atoms with Crippen LogP contribution in [-0.4, -0.2) is 17.4 Å². The Bertz CT molecular complexity index is 292. The Balaban J connectivity index is 2.69. The van der Waals surface area contributed by atoms with Gasteiger partial charge in [-0.3, -0.25) is 0 Å². The van der Waals surface area contributed by atoms with Gasteiger partial charge in [0.15, 0.2) is 6.10 Å². The number of hydrogen-bond donors (Lipinski definition) is 1. The van der Waals surface area contributed by atoms with Gasteiger partial charge in [0.2, 0.25) is 0 Å². The first-order valence-electron chi connectivity index (χ1n) is 4.25. The lowest BCUT2D eigenvalue weighted by Gasteiger charge is -2.14. The fourth-order valence-corrected chi connectivity index (χ4v) is 2.17. The predicted octanol–water partition coefficient (Wildman–Crippen LogP) is 2.78. The van der Waals surface area contributed by atoms with Gasteiger partial charge in [-0.25, -0.2) is 0 Å². The molecule has 0 aromatic carbocycles. The first-order valence-corrected chi connectivity index (χ1v) is 5.13. The van der Waals surface area contributed by atoms with Crippen LogP contribution in [-0.2, 0) is 12.8 Å². The Labute approximate surface area is 84.2 Å². The van der Waals surface area contributed by atoms with Gasteiger partial charge in [0.05, 0.1) is 0 Å². The molecule has 0 saturated heterocycles. The highest BCUT2D eigenvalue weighted by Crippen LogP contribution is 2.26. The normalized spacial score (nSPS) is 14.4. The molecule has 0 radical (unpaired) electrons. The van der Waals surface area contributed by atoms with Crippen molar-refractivity contribution in [3.05, 3.63) is 21.9 Å². The van der Waals surface area contributed by atoms with Crippen LogP contribution >= 0.6 is 11.3 Å². The Hall–Kier alpha value is -0.550. The summed E-state index contributed by atoms with van der Waals surface area (Å²) in [5, 5.41) is 10.6. The molecule has 1 unspecified atom stereocenters. The van der Waals surface area contributed by atoms with Crippen molar-refractivity contribution in [2.45, 2.75) is 32.0 Å². The molecule has 1 nitrogen and oxygen atoms in total. The first-order chi connectivity index (χ1) is 6.45. The van der Waals surface area contributed by atoms with Crippen molar-refractivity contribution in [2.24, 2.45) is 0 Å². The highest BCUT2D eigenvalue weighted by molar-refractivity contribution is 7.10. The Morgan fingerprint density at radius 1 is 1.50 bits per heavy atom. The maximum Gasteiger partial charge on any atom is 0.414 e. The zero-order valence-electron chi connectivity index (χ0n) is 7.64. The third kappa shape index (κ3) is 2.72. The van der Waals surface area contributed by atoms with Gasteiger partial charge in [-0.15, -0.1) is 11.3 Å². The molecule has 1 N–H and O–H groups in total. The van der Waals surface area contributed by atoms with Crippen molar-refractivity contribution >= 4 is 11.3 Å². The second-order valence-electron chi connectivity index (χ2n) is 2.98. The number of aryl methyl sites for hydroxylation is 1. The molecular weight excluding hydrogens is 213 g/mol. The summed E-state index contributed by atoms with van der Waals surface area (Å²) >= 11 is 1.26. The standard InChI is InChI=1S/C9H11F3OS/c1-2-6-3-4-14-7(6)5-8(13)9(10,11)12/h3-4,8,13H,2,5H2,1H3. The highest BCUT2D eigenvalue weighted by atomic mass is 32.1. The van der Waals surface area contributed by atoms with E-state index in [0.717, 1.165) is 5.56 Å². The Morgan fingerprint density at radius 3 is 2.64 bits per heavy atom. The van der Waals surface area contributed by atoms with Crippen molar-refractivity contribution in [3.63, 3.8) is 0 Å². The first kappa shape index (κ1) is 11.5. The molecule has 1 heterocycles. The molecule has 1 aromatic heterocycles. The molecule has 0 spiro atoms. The van der Waals surface area contributed by atoms with Crippen molar-refractivity contribution in [1.29, 1.82) is 0 Å². The molecule has 1 aromatic rings. The molecule has 0 amide bonds. The third-order valence-corrected chi connectivity index (χ3v) is 2.96. The summed E-state index contributed by atoms with van der Waals surface area (Å²) in [7, 11) is 0. The van der Waals surface area contributed by atoms with Gasteiger partial charge >= 0.3 is 6.18 Å². The summed E-state index contributed by atoms with van der Waals surface area (Å²) in [6.07, 6.45) is -6.39. The molecule has 80 valence electrons. The smallest absolute Gasteiger partial charge is 0.383 e. The number of alkyl halides is 3. The van der Waals surface area contributed by atoms with Crippen LogP contribution < -0.4 is 0 Å². The van der Waals surface area contributed by atoms with E-state index < -0.39 is 12.3 Å². The fourth-order valence-electron chi connectivity index (χ4n) is 1.15. The van der Waals surface area contributed by atoms with E-state index in [1.807, 2.05) is 6.92 Å². The van der Waals surface area contributed by atoms with E-state index in [2.05, 4.69) is 0 Å². The Kier molecular flexibility index (Phi) is 3.55. The molecular formula is C9H11F3OS. The van der Waals surface area contributed by atoms with Crippen molar-refractivity contribution in [3.8, 4) is 0 Å². The van der Waals surface area contributed by atoms with Crippen LogP contribution in [0.15, 0.2) is 11.4 Å². The summed E-state index contributed by atoms with van der Waals surface area (Å²) in [4.78, 5) is 0.623. The molecule has 1 rings (SSSR count). The van der Waals surface area contributed by atoms with Crippen LogP contribution in [0.2, 0.25) is 0 Å². The number of aliphatic hydroxyl groups is 1. The number of hydrogen-bond acceptors (Lipinski definition) is 2. The summed E-state index contributed by atoms with van der Waals surface area (Å²) in [6, 6.07) is 1.79. The van der Waals surface area contributed by atoms with Gasteiger partial charge in [-0.2, -0.15) is 13.2 Å². The molecule has 0 aliphatic rings. The SMILES string of the molecule is CCc1ccsc1CC(O)C(F)(F)F. The average Bonchev–Trinajstić information content (AvgIpc) is 2.50. The minimum absolute atomic E-state index is 0.329. The summed E-state index contributed by atoms with van der Waals surface area (Å²) in [5.41, 5.74) is 0.887. The topological polar surface area (TPSA) is 20.2 Å². The molecule has 0 saturated carbocycles. The number of rotatable bonds is 3. The number of aliphatic hydroxyl groups excluding tert-OH is 1. The molecule has 1 atom stereocenters. The van der Waals surface area contributed by atoms with Crippen molar-refractivity contribution < 1.29 is 18.3 Å². The maximum absolute atomic E-state index is 12.0. The van der Waals surface area contributed by atoms with E-state index >= 15 is 0 Å². The second kappa shape index (κ2) is 4.31. The van der Waals surface area contributed by atoms with E-state index in [0.29, 0.717) is 11.3 Å². The quantitative estimate of drug-likeness (QED) is 0.837. The van der Waals surface area contributed by atoms with Gasteiger partial charge in [-0.1, -0.05) is 6.92 Å². The zero-order chi connectivity index (χ0) is 10.8. The van der Waals surface area contributed by atoms with Crippen LogP contribution in [0.1, 0.15) is 17.4 Å². The molecule has 0 bridgehead atoms. The van der Waals surface area contributed by atoms with Gasteiger partial charge in [0.25, 0.3) is 0 Å². The molecule has 14 heavy (non-hydrogen) atoms. The van der Waals surface area contributed by atoms with Gasteiger partial charge < -0.3 is 5.11 Å². The maximum atomic E-state index is 12.0. The lowest BCUT2D eigenvalue weighted by Crippen LogP contribution is -2.30. The van der Waals surface area contributed by atoms with E-state index in [4.69, 9.17) is 5.11 Å².